The van der Waals surface area contributed by atoms with Crippen LogP contribution in [0, 0.1) is 0 Å². The van der Waals surface area contributed by atoms with Gasteiger partial charge in [0.1, 0.15) is 11.5 Å². The highest BCUT2D eigenvalue weighted by Gasteiger charge is 2.34. The van der Waals surface area contributed by atoms with Crippen molar-refractivity contribution >= 4 is 20.2 Å². The van der Waals surface area contributed by atoms with Crippen LogP contribution in [0.25, 0.3) is 0 Å². The lowest BCUT2D eigenvalue weighted by Gasteiger charge is -2.29. The lowest BCUT2D eigenvalue weighted by molar-refractivity contribution is 0.409. The molecule has 0 spiro atoms. The molecule has 1 rings (SSSR count). The van der Waals surface area contributed by atoms with Crippen molar-refractivity contribution in [2.24, 2.45) is 0 Å². The average Bonchev–Trinajstić information content (AvgIpc) is 2.24. The van der Waals surface area contributed by atoms with Crippen molar-refractivity contribution in [3.05, 3.63) is 23.3 Å². The van der Waals surface area contributed by atoms with Crippen LogP contribution in [-0.2, 0) is 31.1 Å². The zero-order valence-electron chi connectivity index (χ0n) is 13.8. The van der Waals surface area contributed by atoms with Gasteiger partial charge in [-0.05, 0) is 12.1 Å². The summed E-state index contributed by atoms with van der Waals surface area (Å²) in [6, 6.07) is 2.25. The molecule has 0 radical (unpaired) electrons. The number of hydrogen-bond acceptors (Lipinski definition) is 6. The van der Waals surface area contributed by atoms with E-state index in [4.69, 9.17) is 9.11 Å². The van der Waals surface area contributed by atoms with E-state index in [0.717, 1.165) is 12.1 Å². The molecule has 0 heterocycles. The SMILES string of the molecule is CC(C)(CS(=O)(=O)O)c1cc(O)c(C(C)(C)CS(=O)(=O)O)cc1O. The van der Waals surface area contributed by atoms with Gasteiger partial charge in [-0.1, -0.05) is 27.7 Å². The quantitative estimate of drug-likeness (QED) is 0.426. The third kappa shape index (κ3) is 5.33. The number of rotatable bonds is 6. The molecule has 0 bridgehead atoms. The molecule has 0 aromatic heterocycles. The molecule has 4 N–H and O–H groups in total. The molecule has 8 nitrogen and oxygen atoms in total. The lowest BCUT2D eigenvalue weighted by atomic mass is 9.80. The molecule has 138 valence electrons. The standard InChI is InChI=1S/C14H22O8S2/c1-13(2,7-23(17,18)19)9-5-12(16)10(6-11(9)15)14(3,4)8-24(20,21)22/h5-6,15-16H,7-8H2,1-4H3,(H,17,18,19)(H,20,21,22). The van der Waals surface area contributed by atoms with Gasteiger partial charge < -0.3 is 10.2 Å². The smallest absolute Gasteiger partial charge is 0.265 e. The predicted octanol–water partition coefficient (Wildman–Crippen LogP) is 1.43. The van der Waals surface area contributed by atoms with Crippen LogP contribution in [0.3, 0.4) is 0 Å². The summed E-state index contributed by atoms with van der Waals surface area (Å²) in [6.07, 6.45) is 0. The van der Waals surface area contributed by atoms with Gasteiger partial charge in [-0.3, -0.25) is 9.11 Å². The maximum absolute atomic E-state index is 11.1. The molecular weight excluding hydrogens is 360 g/mol. The monoisotopic (exact) mass is 382 g/mol. The van der Waals surface area contributed by atoms with Gasteiger partial charge in [-0.25, -0.2) is 0 Å². The summed E-state index contributed by atoms with van der Waals surface area (Å²) in [7, 11) is -8.65. The van der Waals surface area contributed by atoms with Gasteiger partial charge in [0.15, 0.2) is 0 Å². The van der Waals surface area contributed by atoms with Crippen molar-refractivity contribution in [3.63, 3.8) is 0 Å². The highest BCUT2D eigenvalue weighted by atomic mass is 32.2. The van der Waals surface area contributed by atoms with Crippen LogP contribution in [0.4, 0.5) is 0 Å². The van der Waals surface area contributed by atoms with Crippen LogP contribution < -0.4 is 0 Å². The molecule has 0 saturated heterocycles. The number of phenols is 2. The molecule has 0 aliphatic carbocycles. The second-order valence-corrected chi connectivity index (χ2v) is 10.0. The Balaban J connectivity index is 3.43. The Labute approximate surface area is 141 Å². The minimum atomic E-state index is -4.33. The second kappa shape index (κ2) is 6.17. The van der Waals surface area contributed by atoms with Gasteiger partial charge in [0, 0.05) is 22.0 Å². The van der Waals surface area contributed by atoms with E-state index in [-0.39, 0.29) is 22.6 Å². The van der Waals surface area contributed by atoms with E-state index >= 15 is 0 Å². The van der Waals surface area contributed by atoms with Crippen molar-refractivity contribution in [3.8, 4) is 11.5 Å². The van der Waals surface area contributed by atoms with E-state index in [1.807, 2.05) is 0 Å². The second-order valence-electron chi connectivity index (χ2n) is 7.11. The van der Waals surface area contributed by atoms with Gasteiger partial charge in [0.2, 0.25) is 0 Å². The van der Waals surface area contributed by atoms with Crippen LogP contribution in [-0.4, -0.2) is 47.7 Å². The fourth-order valence-electron chi connectivity index (χ4n) is 2.73. The van der Waals surface area contributed by atoms with Crippen molar-refractivity contribution in [2.45, 2.75) is 38.5 Å². The Kier molecular flexibility index (Phi) is 5.32. The first-order valence-electron chi connectivity index (χ1n) is 6.92. The Morgan fingerprint density at radius 2 is 1.00 bits per heavy atom. The highest BCUT2D eigenvalue weighted by Crippen LogP contribution is 2.41. The fourth-order valence-corrected chi connectivity index (χ4v) is 4.86. The average molecular weight is 382 g/mol. The van der Waals surface area contributed by atoms with Crippen molar-refractivity contribution in [2.75, 3.05) is 11.5 Å². The molecule has 0 aliphatic heterocycles. The summed E-state index contributed by atoms with van der Waals surface area (Å²) in [5.41, 5.74) is -2.27. The predicted molar refractivity (Wildman–Crippen MR) is 88.7 cm³/mol. The van der Waals surface area contributed by atoms with Gasteiger partial charge >= 0.3 is 0 Å². The van der Waals surface area contributed by atoms with Gasteiger partial charge in [-0.15, -0.1) is 0 Å². The fraction of sp³-hybridized carbons (Fsp3) is 0.571. The molecule has 0 saturated carbocycles. The zero-order chi connectivity index (χ0) is 19.1. The molecule has 1 aromatic carbocycles. The van der Waals surface area contributed by atoms with Gasteiger partial charge in [0.25, 0.3) is 20.2 Å². The Hall–Kier alpha value is -1.36. The van der Waals surface area contributed by atoms with Crippen molar-refractivity contribution in [1.82, 2.24) is 0 Å². The topological polar surface area (TPSA) is 149 Å². The van der Waals surface area contributed by atoms with Crippen LogP contribution >= 0.6 is 0 Å². The molecule has 24 heavy (non-hydrogen) atoms. The van der Waals surface area contributed by atoms with E-state index in [1.165, 1.54) is 27.7 Å². The Morgan fingerprint density at radius 3 is 1.21 bits per heavy atom. The van der Waals surface area contributed by atoms with Crippen LogP contribution in [0.2, 0.25) is 0 Å². The summed E-state index contributed by atoms with van der Waals surface area (Å²) >= 11 is 0. The van der Waals surface area contributed by atoms with Gasteiger partial charge in [-0.2, -0.15) is 16.8 Å². The highest BCUT2D eigenvalue weighted by molar-refractivity contribution is 7.86. The third-order valence-electron chi connectivity index (χ3n) is 3.66. The van der Waals surface area contributed by atoms with Crippen LogP contribution in [0.1, 0.15) is 38.8 Å². The largest absolute Gasteiger partial charge is 0.508 e. The molecule has 0 fully saturated rings. The zero-order valence-corrected chi connectivity index (χ0v) is 15.4. The summed E-state index contributed by atoms with van der Waals surface area (Å²) in [6.45, 7) is 5.83. The van der Waals surface area contributed by atoms with Crippen molar-refractivity contribution < 1.29 is 36.2 Å². The van der Waals surface area contributed by atoms with E-state index in [2.05, 4.69) is 0 Å². The molecule has 1 aromatic rings. The maximum Gasteiger partial charge on any atom is 0.265 e. The summed E-state index contributed by atoms with van der Waals surface area (Å²) in [5, 5.41) is 20.4. The maximum atomic E-state index is 11.1. The first-order chi connectivity index (χ1) is 10.4. The lowest BCUT2D eigenvalue weighted by Crippen LogP contribution is -2.30. The summed E-state index contributed by atoms with van der Waals surface area (Å²) in [5.74, 6) is -2.08. The molecule has 0 atom stereocenters. The third-order valence-corrected chi connectivity index (χ3v) is 5.83. The minimum absolute atomic E-state index is 0.0732. The molecule has 0 amide bonds. The first kappa shape index (κ1) is 20.7. The minimum Gasteiger partial charge on any atom is -0.508 e. The molecule has 0 aliphatic rings. The summed E-state index contributed by atoms with van der Waals surface area (Å²) in [4.78, 5) is 0. The number of aromatic hydroxyl groups is 2. The first-order valence-corrected chi connectivity index (χ1v) is 10.1. The van der Waals surface area contributed by atoms with E-state index in [0.29, 0.717) is 0 Å². The summed E-state index contributed by atoms with van der Waals surface area (Å²) < 4.78 is 62.5. The number of hydrogen-bond donors (Lipinski definition) is 4. The van der Waals surface area contributed by atoms with E-state index < -0.39 is 42.6 Å². The number of benzene rings is 1. The van der Waals surface area contributed by atoms with Crippen LogP contribution in [0.15, 0.2) is 12.1 Å². The van der Waals surface area contributed by atoms with Crippen molar-refractivity contribution in [1.29, 1.82) is 0 Å². The Bertz CT molecular complexity index is 764. The number of phenolic OH excluding ortho intramolecular Hbond substituents is 2. The molecular formula is C14H22O8S2. The van der Waals surface area contributed by atoms with E-state index in [9.17, 15) is 27.0 Å². The van der Waals surface area contributed by atoms with Crippen LogP contribution in [0.5, 0.6) is 11.5 Å². The molecule has 10 heteroatoms. The van der Waals surface area contributed by atoms with E-state index in [1.54, 1.807) is 0 Å². The normalized spacial score (nSPS) is 13.9. The van der Waals surface area contributed by atoms with Gasteiger partial charge in [0.05, 0.1) is 11.5 Å². The Morgan fingerprint density at radius 1 is 0.750 bits per heavy atom. The molecule has 0 unspecified atom stereocenters.